The van der Waals surface area contributed by atoms with Crippen molar-refractivity contribution in [3.63, 3.8) is 0 Å². The lowest BCUT2D eigenvalue weighted by Crippen LogP contribution is -2.27. The molecule has 0 saturated heterocycles. The maximum atomic E-state index is 11.8. The van der Waals surface area contributed by atoms with Gasteiger partial charge in [-0.05, 0) is 29.9 Å². The average molecular weight is 226 g/mol. The summed E-state index contributed by atoms with van der Waals surface area (Å²) in [6.07, 6.45) is 6.32. The van der Waals surface area contributed by atoms with Crippen molar-refractivity contribution < 1.29 is 4.79 Å². The molecule has 17 heavy (non-hydrogen) atoms. The third kappa shape index (κ3) is 2.28. The van der Waals surface area contributed by atoms with Gasteiger partial charge in [0.1, 0.15) is 0 Å². The quantitative estimate of drug-likeness (QED) is 0.870. The molecular formula is C14H14N2O. The number of nitrogens with one attached hydrogen (secondary N) is 1. The second kappa shape index (κ2) is 4.17. The Morgan fingerprint density at radius 1 is 1.35 bits per heavy atom. The van der Waals surface area contributed by atoms with E-state index in [0.717, 1.165) is 29.2 Å². The third-order valence-corrected chi connectivity index (χ3v) is 3.06. The summed E-state index contributed by atoms with van der Waals surface area (Å²) in [6.45, 7) is 0. The van der Waals surface area contributed by atoms with Gasteiger partial charge in [0.05, 0.1) is 6.42 Å². The van der Waals surface area contributed by atoms with Gasteiger partial charge in [0.25, 0.3) is 0 Å². The van der Waals surface area contributed by atoms with Crippen molar-refractivity contribution in [3.8, 4) is 0 Å². The molecule has 1 N–H and O–H groups in total. The van der Waals surface area contributed by atoms with Gasteiger partial charge in [0.15, 0.2) is 0 Å². The molecule has 0 aliphatic heterocycles. The van der Waals surface area contributed by atoms with Crippen LogP contribution >= 0.6 is 0 Å². The van der Waals surface area contributed by atoms with Gasteiger partial charge in [-0.1, -0.05) is 18.2 Å². The molecular weight excluding hydrogens is 212 g/mol. The summed E-state index contributed by atoms with van der Waals surface area (Å²) in [5.74, 6) is 0.122. The summed E-state index contributed by atoms with van der Waals surface area (Å²) in [6, 6.07) is 8.40. The summed E-state index contributed by atoms with van der Waals surface area (Å²) in [5, 5.41) is 5.22. The van der Waals surface area contributed by atoms with Crippen molar-refractivity contribution in [2.75, 3.05) is 0 Å². The number of carbonyl (C=O) groups excluding carboxylic acids is 1. The standard InChI is InChI=1S/C14H14N2O/c17-14(16-12-4-5-12)8-10-2-1-3-11-9-15-7-6-13(10)11/h1-3,6-7,9,12H,4-5,8H2,(H,16,17). The molecule has 1 aliphatic rings. The molecule has 0 unspecified atom stereocenters. The summed E-state index contributed by atoms with van der Waals surface area (Å²) in [5.41, 5.74) is 1.07. The zero-order chi connectivity index (χ0) is 11.7. The SMILES string of the molecule is O=C(Cc1cccc2cnccc12)NC1CC1. The number of benzene rings is 1. The second-order valence-electron chi connectivity index (χ2n) is 4.53. The second-order valence-corrected chi connectivity index (χ2v) is 4.53. The lowest BCUT2D eigenvalue weighted by atomic mass is 10.0. The van der Waals surface area contributed by atoms with Crippen LogP contribution in [0, 0.1) is 0 Å². The Morgan fingerprint density at radius 2 is 2.24 bits per heavy atom. The Balaban J connectivity index is 1.86. The maximum absolute atomic E-state index is 11.8. The molecule has 1 aromatic heterocycles. The molecule has 0 radical (unpaired) electrons. The third-order valence-electron chi connectivity index (χ3n) is 3.06. The number of rotatable bonds is 3. The number of hydrogen-bond acceptors (Lipinski definition) is 2. The summed E-state index contributed by atoms with van der Waals surface area (Å²) >= 11 is 0. The highest BCUT2D eigenvalue weighted by molar-refractivity contribution is 5.89. The minimum atomic E-state index is 0.122. The first-order valence-corrected chi connectivity index (χ1v) is 5.94. The van der Waals surface area contributed by atoms with E-state index in [4.69, 9.17) is 0 Å². The molecule has 1 amide bonds. The first-order valence-electron chi connectivity index (χ1n) is 5.94. The van der Waals surface area contributed by atoms with E-state index < -0.39 is 0 Å². The van der Waals surface area contributed by atoms with Crippen LogP contribution in [0.4, 0.5) is 0 Å². The van der Waals surface area contributed by atoms with Crippen LogP contribution < -0.4 is 5.32 Å². The first-order chi connectivity index (χ1) is 8.33. The fourth-order valence-electron chi connectivity index (χ4n) is 2.02. The van der Waals surface area contributed by atoms with Gasteiger partial charge in [-0.2, -0.15) is 0 Å². The van der Waals surface area contributed by atoms with Crippen LogP contribution in [0.15, 0.2) is 36.7 Å². The Hall–Kier alpha value is -1.90. The Kier molecular flexibility index (Phi) is 2.52. The Morgan fingerprint density at radius 3 is 3.06 bits per heavy atom. The monoisotopic (exact) mass is 226 g/mol. The number of hydrogen-bond donors (Lipinski definition) is 1. The van der Waals surface area contributed by atoms with E-state index in [0.29, 0.717) is 12.5 Å². The van der Waals surface area contributed by atoms with E-state index >= 15 is 0 Å². The van der Waals surface area contributed by atoms with E-state index in [9.17, 15) is 4.79 Å². The Labute approximate surface area is 99.9 Å². The number of carbonyl (C=O) groups is 1. The van der Waals surface area contributed by atoms with Gasteiger partial charge in [0, 0.05) is 23.8 Å². The lowest BCUT2D eigenvalue weighted by molar-refractivity contribution is -0.120. The van der Waals surface area contributed by atoms with Gasteiger partial charge in [-0.3, -0.25) is 9.78 Å². The number of aromatic nitrogens is 1. The largest absolute Gasteiger partial charge is 0.353 e. The smallest absolute Gasteiger partial charge is 0.224 e. The number of amides is 1. The van der Waals surface area contributed by atoms with E-state index in [1.807, 2.05) is 30.5 Å². The normalized spacial score (nSPS) is 14.8. The summed E-state index contributed by atoms with van der Waals surface area (Å²) < 4.78 is 0. The first kappa shape index (κ1) is 10.3. The molecule has 0 spiro atoms. The molecule has 1 heterocycles. The van der Waals surface area contributed by atoms with Crippen LogP contribution in [0.1, 0.15) is 18.4 Å². The van der Waals surface area contributed by atoms with Crippen LogP contribution in [-0.4, -0.2) is 16.9 Å². The molecule has 1 aromatic carbocycles. The predicted octanol–water partition coefficient (Wildman–Crippen LogP) is 2.06. The van der Waals surface area contributed by atoms with Crippen molar-refractivity contribution in [1.82, 2.24) is 10.3 Å². The zero-order valence-electron chi connectivity index (χ0n) is 9.52. The Bertz CT molecular complexity index is 556. The van der Waals surface area contributed by atoms with E-state index in [2.05, 4.69) is 10.3 Å². The molecule has 1 aliphatic carbocycles. The van der Waals surface area contributed by atoms with Crippen molar-refractivity contribution in [2.45, 2.75) is 25.3 Å². The number of nitrogens with zero attached hydrogens (tertiary/aromatic N) is 1. The van der Waals surface area contributed by atoms with Gasteiger partial charge in [0.2, 0.25) is 5.91 Å². The molecule has 3 rings (SSSR count). The van der Waals surface area contributed by atoms with Crippen LogP contribution in [0.5, 0.6) is 0 Å². The van der Waals surface area contributed by atoms with Crippen molar-refractivity contribution in [2.24, 2.45) is 0 Å². The zero-order valence-corrected chi connectivity index (χ0v) is 9.52. The predicted molar refractivity (Wildman–Crippen MR) is 66.6 cm³/mol. The van der Waals surface area contributed by atoms with Crippen LogP contribution in [-0.2, 0) is 11.2 Å². The van der Waals surface area contributed by atoms with Crippen molar-refractivity contribution >= 4 is 16.7 Å². The molecule has 0 atom stereocenters. The highest BCUT2D eigenvalue weighted by Crippen LogP contribution is 2.20. The van der Waals surface area contributed by atoms with Gasteiger partial charge in [-0.25, -0.2) is 0 Å². The molecule has 86 valence electrons. The number of pyridine rings is 1. The van der Waals surface area contributed by atoms with Crippen molar-refractivity contribution in [1.29, 1.82) is 0 Å². The average Bonchev–Trinajstić information content (AvgIpc) is 3.13. The van der Waals surface area contributed by atoms with Gasteiger partial charge in [-0.15, -0.1) is 0 Å². The van der Waals surface area contributed by atoms with Gasteiger partial charge >= 0.3 is 0 Å². The molecule has 3 heteroatoms. The lowest BCUT2D eigenvalue weighted by Gasteiger charge is -2.06. The van der Waals surface area contributed by atoms with Crippen LogP contribution in [0.25, 0.3) is 10.8 Å². The molecule has 0 bridgehead atoms. The minimum Gasteiger partial charge on any atom is -0.353 e. The molecule has 1 fully saturated rings. The fourth-order valence-corrected chi connectivity index (χ4v) is 2.02. The van der Waals surface area contributed by atoms with E-state index in [1.54, 1.807) is 6.20 Å². The van der Waals surface area contributed by atoms with Crippen LogP contribution in [0.2, 0.25) is 0 Å². The van der Waals surface area contributed by atoms with E-state index in [-0.39, 0.29) is 5.91 Å². The highest BCUT2D eigenvalue weighted by Gasteiger charge is 2.23. The van der Waals surface area contributed by atoms with Crippen molar-refractivity contribution in [3.05, 3.63) is 42.2 Å². The summed E-state index contributed by atoms with van der Waals surface area (Å²) in [7, 11) is 0. The molecule has 3 nitrogen and oxygen atoms in total. The highest BCUT2D eigenvalue weighted by atomic mass is 16.1. The fraction of sp³-hybridized carbons (Fsp3) is 0.286. The van der Waals surface area contributed by atoms with Gasteiger partial charge < -0.3 is 5.32 Å². The van der Waals surface area contributed by atoms with Crippen LogP contribution in [0.3, 0.4) is 0 Å². The molecule has 1 saturated carbocycles. The van der Waals surface area contributed by atoms with E-state index in [1.165, 1.54) is 0 Å². The molecule has 2 aromatic rings. The number of fused-ring (bicyclic) bond motifs is 1. The summed E-state index contributed by atoms with van der Waals surface area (Å²) in [4.78, 5) is 15.9. The maximum Gasteiger partial charge on any atom is 0.224 e. The minimum absolute atomic E-state index is 0.122. The topological polar surface area (TPSA) is 42.0 Å².